The van der Waals surface area contributed by atoms with Crippen molar-refractivity contribution in [1.82, 2.24) is 4.57 Å². The maximum Gasteiger partial charge on any atom is 0.0626 e. The van der Waals surface area contributed by atoms with Gasteiger partial charge in [-0.2, -0.15) is 0 Å². The van der Waals surface area contributed by atoms with Crippen LogP contribution >= 0.6 is 0 Å². The highest BCUT2D eigenvalue weighted by Gasteiger charge is 2.21. The van der Waals surface area contributed by atoms with Crippen LogP contribution in [0.3, 0.4) is 0 Å². The molecule has 0 fully saturated rings. The summed E-state index contributed by atoms with van der Waals surface area (Å²) in [7, 11) is 0. The molecule has 0 amide bonds. The molecule has 0 N–H and O–H groups in total. The number of aromatic nitrogens is 1. The van der Waals surface area contributed by atoms with E-state index < -0.39 is 0 Å². The maximum absolute atomic E-state index is 2.52. The first-order valence-corrected chi connectivity index (χ1v) is 14.2. The van der Waals surface area contributed by atoms with E-state index in [4.69, 9.17) is 0 Å². The van der Waals surface area contributed by atoms with Crippen molar-refractivity contribution < 1.29 is 0 Å². The van der Waals surface area contributed by atoms with Gasteiger partial charge in [0.15, 0.2) is 0 Å². The van der Waals surface area contributed by atoms with Crippen molar-refractivity contribution in [3.8, 4) is 16.8 Å². The van der Waals surface area contributed by atoms with Crippen LogP contribution in [0.25, 0.3) is 81.7 Å². The summed E-state index contributed by atoms with van der Waals surface area (Å²) in [5, 5.41) is 12.9. The zero-order chi connectivity index (χ0) is 26.9. The van der Waals surface area contributed by atoms with Crippen LogP contribution in [-0.4, -0.2) is 4.57 Å². The maximum atomic E-state index is 2.52. The Kier molecular flexibility index (Phi) is 4.67. The smallest absolute Gasteiger partial charge is 0.0626 e. The molecule has 9 aromatic rings. The zero-order valence-corrected chi connectivity index (χ0v) is 22.4. The van der Waals surface area contributed by atoms with E-state index in [9.17, 15) is 0 Å². The molecule has 0 aliphatic carbocycles. The topological polar surface area (TPSA) is 4.93 Å². The number of nitrogens with zero attached hydrogens (tertiary/aromatic N) is 1. The molecule has 1 aromatic heterocycles. The Hall–Kier alpha value is -5.40. The summed E-state index contributed by atoms with van der Waals surface area (Å²) in [4.78, 5) is 0. The van der Waals surface area contributed by atoms with E-state index in [1.165, 1.54) is 81.7 Å². The van der Waals surface area contributed by atoms with E-state index in [1.807, 2.05) is 0 Å². The van der Waals surface area contributed by atoms with Gasteiger partial charge in [0.2, 0.25) is 0 Å². The van der Waals surface area contributed by atoms with Gasteiger partial charge in [-0.3, -0.25) is 0 Å². The fraction of sp³-hybridized carbons (Fsp3) is 0. The summed E-state index contributed by atoms with van der Waals surface area (Å²) in [6, 6.07) is 55.5. The second kappa shape index (κ2) is 8.55. The number of hydrogen-bond donors (Lipinski definition) is 0. The Labute approximate surface area is 237 Å². The molecule has 0 spiro atoms. The molecule has 0 saturated heterocycles. The van der Waals surface area contributed by atoms with Gasteiger partial charge in [0, 0.05) is 21.7 Å². The number of fused-ring (bicyclic) bond motifs is 11. The molecule has 0 saturated carbocycles. The van der Waals surface area contributed by atoms with Crippen LogP contribution in [-0.2, 0) is 0 Å². The van der Waals surface area contributed by atoms with Gasteiger partial charge in [-0.15, -0.1) is 0 Å². The van der Waals surface area contributed by atoms with Crippen molar-refractivity contribution in [2.24, 2.45) is 0 Å². The molecule has 0 aliphatic rings. The largest absolute Gasteiger partial charge is 0.308 e. The quantitative estimate of drug-likeness (QED) is 0.200. The molecule has 41 heavy (non-hydrogen) atoms. The van der Waals surface area contributed by atoms with E-state index in [-0.39, 0.29) is 0 Å². The SMILES string of the molecule is c1ccc(-n2c3ccccc3c3c4ccccc4c4c5ccccc5ccc4c32)c(-c2cccc3ccccc23)c1. The van der Waals surface area contributed by atoms with Gasteiger partial charge < -0.3 is 4.57 Å². The molecular formula is C40H25N. The lowest BCUT2D eigenvalue weighted by atomic mass is 9.93. The monoisotopic (exact) mass is 519 g/mol. The van der Waals surface area contributed by atoms with Crippen LogP contribution < -0.4 is 0 Å². The number of hydrogen-bond acceptors (Lipinski definition) is 0. The molecule has 0 radical (unpaired) electrons. The van der Waals surface area contributed by atoms with Crippen LogP contribution in [0.5, 0.6) is 0 Å². The van der Waals surface area contributed by atoms with Gasteiger partial charge in [0.1, 0.15) is 0 Å². The Bertz CT molecular complexity index is 2470. The minimum Gasteiger partial charge on any atom is -0.308 e. The molecule has 0 bridgehead atoms. The fourth-order valence-electron chi connectivity index (χ4n) is 7.05. The minimum absolute atomic E-state index is 1.19. The van der Waals surface area contributed by atoms with Crippen molar-refractivity contribution in [2.45, 2.75) is 0 Å². The molecule has 8 aromatic carbocycles. The predicted octanol–water partition coefficient (Wildman–Crippen LogP) is 11.1. The molecular weight excluding hydrogens is 494 g/mol. The van der Waals surface area contributed by atoms with E-state index in [0.29, 0.717) is 0 Å². The Morgan fingerprint density at radius 1 is 0.317 bits per heavy atom. The average Bonchev–Trinajstić information content (AvgIpc) is 3.40. The Morgan fingerprint density at radius 2 is 0.878 bits per heavy atom. The molecule has 0 aliphatic heterocycles. The summed E-state index contributed by atoms with van der Waals surface area (Å²) in [5.41, 5.74) is 6.16. The predicted molar refractivity (Wildman–Crippen MR) is 176 cm³/mol. The van der Waals surface area contributed by atoms with E-state index in [2.05, 4.69) is 156 Å². The number of rotatable bonds is 2. The summed E-state index contributed by atoms with van der Waals surface area (Å²) in [6.07, 6.45) is 0. The lowest BCUT2D eigenvalue weighted by Gasteiger charge is -2.17. The summed E-state index contributed by atoms with van der Waals surface area (Å²) >= 11 is 0. The zero-order valence-electron chi connectivity index (χ0n) is 22.4. The molecule has 9 rings (SSSR count). The fourth-order valence-corrected chi connectivity index (χ4v) is 7.05. The highest BCUT2D eigenvalue weighted by atomic mass is 15.0. The molecule has 0 atom stereocenters. The normalized spacial score (nSPS) is 11.9. The first kappa shape index (κ1) is 22.4. The molecule has 1 nitrogen and oxygen atoms in total. The average molecular weight is 520 g/mol. The van der Waals surface area contributed by atoms with E-state index in [0.717, 1.165) is 0 Å². The summed E-state index contributed by atoms with van der Waals surface area (Å²) in [6.45, 7) is 0. The van der Waals surface area contributed by atoms with Gasteiger partial charge >= 0.3 is 0 Å². The Morgan fingerprint density at radius 3 is 1.71 bits per heavy atom. The van der Waals surface area contributed by atoms with Crippen molar-refractivity contribution in [2.75, 3.05) is 0 Å². The van der Waals surface area contributed by atoms with Crippen LogP contribution in [0.4, 0.5) is 0 Å². The van der Waals surface area contributed by atoms with Crippen molar-refractivity contribution >= 4 is 64.9 Å². The van der Waals surface area contributed by atoms with Crippen LogP contribution in [0.1, 0.15) is 0 Å². The Balaban J connectivity index is 1.54. The van der Waals surface area contributed by atoms with Crippen molar-refractivity contribution in [3.05, 3.63) is 152 Å². The van der Waals surface area contributed by atoms with Gasteiger partial charge in [0.25, 0.3) is 0 Å². The third-order valence-electron chi connectivity index (χ3n) is 8.75. The second-order valence-electron chi connectivity index (χ2n) is 10.9. The third-order valence-corrected chi connectivity index (χ3v) is 8.75. The third kappa shape index (κ3) is 3.12. The van der Waals surface area contributed by atoms with Gasteiger partial charge in [-0.25, -0.2) is 0 Å². The van der Waals surface area contributed by atoms with Crippen LogP contribution in [0, 0.1) is 0 Å². The molecule has 1 heterocycles. The highest BCUT2D eigenvalue weighted by Crippen LogP contribution is 2.45. The van der Waals surface area contributed by atoms with Gasteiger partial charge in [-0.1, -0.05) is 140 Å². The standard InChI is InChI=1S/C40H25N/c1-3-15-28-26(12-1)14-11-21-30(28)31-17-7-9-22-36(31)41-37-23-10-8-20-34(37)39-33-19-6-5-18-32(33)38-29-16-4-2-13-27(29)24-25-35(38)40(39)41/h1-25H. The van der Waals surface area contributed by atoms with E-state index in [1.54, 1.807) is 0 Å². The molecule has 1 heteroatoms. The first-order chi connectivity index (χ1) is 20.4. The molecule has 0 unspecified atom stereocenters. The second-order valence-corrected chi connectivity index (χ2v) is 10.9. The van der Waals surface area contributed by atoms with Crippen LogP contribution in [0.2, 0.25) is 0 Å². The van der Waals surface area contributed by atoms with Crippen molar-refractivity contribution in [1.29, 1.82) is 0 Å². The lowest BCUT2D eigenvalue weighted by Crippen LogP contribution is -1.98. The lowest BCUT2D eigenvalue weighted by molar-refractivity contribution is 1.19. The first-order valence-electron chi connectivity index (χ1n) is 14.2. The van der Waals surface area contributed by atoms with Crippen molar-refractivity contribution in [3.63, 3.8) is 0 Å². The van der Waals surface area contributed by atoms with Gasteiger partial charge in [-0.05, 0) is 55.4 Å². The minimum atomic E-state index is 1.19. The van der Waals surface area contributed by atoms with Crippen LogP contribution in [0.15, 0.2) is 152 Å². The summed E-state index contributed by atoms with van der Waals surface area (Å²) in [5.74, 6) is 0. The number of benzene rings is 8. The summed E-state index contributed by atoms with van der Waals surface area (Å²) < 4.78 is 2.52. The van der Waals surface area contributed by atoms with E-state index >= 15 is 0 Å². The molecule has 190 valence electrons. The highest BCUT2D eigenvalue weighted by molar-refractivity contribution is 6.36. The van der Waals surface area contributed by atoms with Gasteiger partial charge in [0.05, 0.1) is 16.7 Å². The number of para-hydroxylation sites is 2.